The summed E-state index contributed by atoms with van der Waals surface area (Å²) in [6.07, 6.45) is 0.664. The van der Waals surface area contributed by atoms with E-state index in [0.717, 1.165) is 23.4 Å². The van der Waals surface area contributed by atoms with Crippen LogP contribution in [0.1, 0.15) is 6.42 Å². The van der Waals surface area contributed by atoms with Crippen molar-refractivity contribution in [2.45, 2.75) is 12.5 Å². The molecule has 1 aromatic rings. The second-order valence-electron chi connectivity index (χ2n) is 3.34. The number of aliphatic hydroxyl groups is 1. The fourth-order valence-corrected chi connectivity index (χ4v) is 2.11. The van der Waals surface area contributed by atoms with Crippen LogP contribution in [-0.2, 0) is 7.05 Å². The Bertz CT molecular complexity index is 312. The zero-order valence-corrected chi connectivity index (χ0v) is 9.03. The number of nitrogens with zero attached hydrogens (tertiary/aromatic N) is 3. The molecule has 72 valence electrons. The van der Waals surface area contributed by atoms with Gasteiger partial charge in [-0.25, -0.2) is 0 Å². The second kappa shape index (κ2) is 3.31. The van der Waals surface area contributed by atoms with E-state index in [2.05, 4.69) is 25.9 Å². The first-order valence-corrected chi connectivity index (χ1v) is 5.08. The lowest BCUT2D eigenvalue weighted by atomic mass is 10.3. The third kappa shape index (κ3) is 1.71. The molecule has 0 amide bonds. The van der Waals surface area contributed by atoms with E-state index in [1.807, 2.05) is 17.8 Å². The van der Waals surface area contributed by atoms with E-state index in [0.29, 0.717) is 6.54 Å². The molecule has 1 saturated heterocycles. The Balaban J connectivity index is 2.20. The molecule has 0 radical (unpaired) electrons. The normalized spacial score (nSPS) is 22.7. The molecule has 0 aliphatic carbocycles. The quantitative estimate of drug-likeness (QED) is 0.795. The zero-order valence-electron chi connectivity index (χ0n) is 7.44. The van der Waals surface area contributed by atoms with Gasteiger partial charge in [-0.15, -0.1) is 0 Å². The van der Waals surface area contributed by atoms with Crippen LogP contribution in [-0.4, -0.2) is 34.1 Å². The van der Waals surface area contributed by atoms with Gasteiger partial charge in [-0.1, -0.05) is 0 Å². The first kappa shape index (κ1) is 9.02. The summed E-state index contributed by atoms with van der Waals surface area (Å²) in [7, 11) is 1.91. The van der Waals surface area contributed by atoms with Crippen molar-refractivity contribution in [3.63, 3.8) is 0 Å². The zero-order chi connectivity index (χ0) is 9.42. The van der Waals surface area contributed by atoms with Crippen LogP contribution in [0, 0.1) is 0 Å². The van der Waals surface area contributed by atoms with Crippen molar-refractivity contribution in [2.75, 3.05) is 18.0 Å². The molecule has 1 aliphatic heterocycles. The molecule has 4 nitrogen and oxygen atoms in total. The van der Waals surface area contributed by atoms with Crippen LogP contribution < -0.4 is 4.90 Å². The van der Waals surface area contributed by atoms with Crippen molar-refractivity contribution in [2.24, 2.45) is 7.05 Å². The summed E-state index contributed by atoms with van der Waals surface area (Å²) >= 11 is 3.32. The van der Waals surface area contributed by atoms with Crippen LogP contribution in [0.4, 0.5) is 5.82 Å². The Kier molecular flexibility index (Phi) is 2.29. The van der Waals surface area contributed by atoms with E-state index in [4.69, 9.17) is 0 Å². The van der Waals surface area contributed by atoms with Crippen LogP contribution in [0.3, 0.4) is 0 Å². The Hall–Kier alpha value is -0.550. The van der Waals surface area contributed by atoms with Gasteiger partial charge in [0.05, 0.1) is 6.10 Å². The van der Waals surface area contributed by atoms with Gasteiger partial charge in [-0.2, -0.15) is 5.10 Å². The van der Waals surface area contributed by atoms with Crippen molar-refractivity contribution in [3.05, 3.63) is 10.7 Å². The van der Waals surface area contributed by atoms with Crippen molar-refractivity contribution in [1.29, 1.82) is 0 Å². The van der Waals surface area contributed by atoms with Crippen LogP contribution in [0.25, 0.3) is 0 Å². The molecule has 0 saturated carbocycles. The first-order valence-electron chi connectivity index (χ1n) is 4.29. The Morgan fingerprint density at radius 1 is 1.69 bits per heavy atom. The molecular formula is C8H12BrN3O. The predicted octanol–water partition coefficient (Wildman–Crippen LogP) is 0.754. The van der Waals surface area contributed by atoms with Gasteiger partial charge in [0.1, 0.15) is 10.4 Å². The number of hydrogen-bond acceptors (Lipinski definition) is 3. The lowest BCUT2D eigenvalue weighted by Gasteiger charge is -2.16. The number of aromatic nitrogens is 2. The predicted molar refractivity (Wildman–Crippen MR) is 53.7 cm³/mol. The minimum Gasteiger partial charge on any atom is -0.391 e. The molecule has 0 spiro atoms. The standard InChI is InChI=1S/C8H12BrN3O/c1-11-8(4-7(9)10-11)12-3-2-6(13)5-12/h4,6,13H,2-3,5H2,1H3/t6-/m1/s1. The number of halogens is 1. The third-order valence-electron chi connectivity index (χ3n) is 2.31. The molecule has 2 heterocycles. The molecular weight excluding hydrogens is 234 g/mol. The van der Waals surface area contributed by atoms with Gasteiger partial charge in [0.15, 0.2) is 0 Å². The Morgan fingerprint density at radius 3 is 2.92 bits per heavy atom. The van der Waals surface area contributed by atoms with Crippen LogP contribution in [0.2, 0.25) is 0 Å². The highest BCUT2D eigenvalue weighted by atomic mass is 79.9. The van der Waals surface area contributed by atoms with Crippen molar-refractivity contribution in [1.82, 2.24) is 9.78 Å². The summed E-state index contributed by atoms with van der Waals surface area (Å²) < 4.78 is 2.66. The topological polar surface area (TPSA) is 41.3 Å². The van der Waals surface area contributed by atoms with Crippen LogP contribution >= 0.6 is 15.9 Å². The molecule has 0 aromatic carbocycles. The summed E-state index contributed by atoms with van der Waals surface area (Å²) in [5, 5.41) is 13.6. The second-order valence-corrected chi connectivity index (χ2v) is 4.15. The van der Waals surface area contributed by atoms with Gasteiger partial charge in [-0.05, 0) is 22.4 Å². The van der Waals surface area contributed by atoms with Crippen LogP contribution in [0.5, 0.6) is 0 Å². The highest BCUT2D eigenvalue weighted by molar-refractivity contribution is 9.10. The fraction of sp³-hybridized carbons (Fsp3) is 0.625. The number of β-amino-alcohol motifs (C(OH)–C–C–N with tert-alkyl or cyclic N) is 1. The maximum atomic E-state index is 9.38. The fourth-order valence-electron chi connectivity index (χ4n) is 1.67. The Labute approximate surface area is 85.3 Å². The molecule has 2 rings (SSSR count). The molecule has 1 atom stereocenters. The first-order chi connectivity index (χ1) is 6.16. The van der Waals surface area contributed by atoms with Crippen LogP contribution in [0.15, 0.2) is 10.7 Å². The van der Waals surface area contributed by atoms with Crippen molar-refractivity contribution >= 4 is 21.7 Å². The average Bonchev–Trinajstić information content (AvgIpc) is 2.58. The lowest BCUT2D eigenvalue weighted by molar-refractivity contribution is 0.198. The third-order valence-corrected chi connectivity index (χ3v) is 2.70. The maximum absolute atomic E-state index is 9.38. The number of anilines is 1. The van der Waals surface area contributed by atoms with E-state index >= 15 is 0 Å². The van der Waals surface area contributed by atoms with Gasteiger partial charge < -0.3 is 10.0 Å². The number of hydrogen-bond donors (Lipinski definition) is 1. The number of rotatable bonds is 1. The molecule has 1 fully saturated rings. The van der Waals surface area contributed by atoms with Gasteiger partial charge in [0.2, 0.25) is 0 Å². The highest BCUT2D eigenvalue weighted by Gasteiger charge is 2.22. The number of aliphatic hydroxyl groups excluding tert-OH is 1. The van der Waals surface area contributed by atoms with Crippen molar-refractivity contribution in [3.8, 4) is 0 Å². The summed E-state index contributed by atoms with van der Waals surface area (Å²) in [6, 6.07) is 1.97. The molecule has 1 N–H and O–H groups in total. The SMILES string of the molecule is Cn1nc(Br)cc1N1CC[C@@H](O)C1. The van der Waals surface area contributed by atoms with Gasteiger partial charge in [0.25, 0.3) is 0 Å². The number of aryl methyl sites for hydroxylation is 1. The smallest absolute Gasteiger partial charge is 0.130 e. The van der Waals surface area contributed by atoms with E-state index in [1.165, 1.54) is 0 Å². The summed E-state index contributed by atoms with van der Waals surface area (Å²) in [5.41, 5.74) is 0. The molecule has 1 aliphatic rings. The molecule has 0 unspecified atom stereocenters. The minimum atomic E-state index is -0.186. The average molecular weight is 246 g/mol. The molecule has 1 aromatic heterocycles. The van der Waals surface area contributed by atoms with E-state index < -0.39 is 0 Å². The highest BCUT2D eigenvalue weighted by Crippen LogP contribution is 2.22. The minimum absolute atomic E-state index is 0.186. The maximum Gasteiger partial charge on any atom is 0.130 e. The summed E-state index contributed by atoms with van der Waals surface area (Å²) in [5.74, 6) is 1.06. The lowest BCUT2D eigenvalue weighted by Crippen LogP contribution is -2.23. The summed E-state index contributed by atoms with van der Waals surface area (Å²) in [4.78, 5) is 2.14. The van der Waals surface area contributed by atoms with E-state index in [1.54, 1.807) is 0 Å². The van der Waals surface area contributed by atoms with E-state index in [-0.39, 0.29) is 6.10 Å². The van der Waals surface area contributed by atoms with Gasteiger partial charge in [0, 0.05) is 26.2 Å². The van der Waals surface area contributed by atoms with E-state index in [9.17, 15) is 5.11 Å². The largest absolute Gasteiger partial charge is 0.391 e. The molecule has 0 bridgehead atoms. The summed E-state index contributed by atoms with van der Waals surface area (Å²) in [6.45, 7) is 1.62. The van der Waals surface area contributed by atoms with Gasteiger partial charge >= 0.3 is 0 Å². The monoisotopic (exact) mass is 245 g/mol. The molecule has 5 heteroatoms. The molecule has 13 heavy (non-hydrogen) atoms. The Morgan fingerprint density at radius 2 is 2.46 bits per heavy atom. The van der Waals surface area contributed by atoms with Crippen molar-refractivity contribution < 1.29 is 5.11 Å². The van der Waals surface area contributed by atoms with Gasteiger partial charge in [-0.3, -0.25) is 4.68 Å².